The van der Waals surface area contributed by atoms with E-state index in [0.29, 0.717) is 6.04 Å². The minimum atomic E-state index is 0.322. The number of hydrogen-bond donors (Lipinski definition) is 1. The first kappa shape index (κ1) is 13.6. The van der Waals surface area contributed by atoms with Gasteiger partial charge in [-0.25, -0.2) is 0 Å². The van der Waals surface area contributed by atoms with Crippen molar-refractivity contribution in [3.63, 3.8) is 0 Å². The molecule has 0 saturated carbocycles. The number of hydrogen-bond acceptors (Lipinski definition) is 3. The lowest BCUT2D eigenvalue weighted by Gasteiger charge is -2.14. The predicted octanol–water partition coefficient (Wildman–Crippen LogP) is 2.55. The number of aromatic nitrogens is 2. The van der Waals surface area contributed by atoms with Crippen molar-refractivity contribution < 1.29 is 4.74 Å². The van der Waals surface area contributed by atoms with Crippen LogP contribution in [-0.2, 0) is 6.54 Å². The van der Waals surface area contributed by atoms with Crippen molar-refractivity contribution in [1.29, 1.82) is 0 Å². The summed E-state index contributed by atoms with van der Waals surface area (Å²) >= 11 is 0. The van der Waals surface area contributed by atoms with E-state index in [-0.39, 0.29) is 0 Å². The van der Waals surface area contributed by atoms with Crippen LogP contribution in [0.2, 0.25) is 0 Å². The SMILES string of the molecule is COc1ccc(C(C)NCCn2cc(C)cn2)cc1. The molecule has 1 aromatic carbocycles. The summed E-state index contributed by atoms with van der Waals surface area (Å²) < 4.78 is 7.12. The van der Waals surface area contributed by atoms with Gasteiger partial charge in [0.05, 0.1) is 19.9 Å². The molecule has 0 bridgehead atoms. The maximum absolute atomic E-state index is 5.16. The lowest BCUT2D eigenvalue weighted by Crippen LogP contribution is -2.23. The molecule has 0 saturated heterocycles. The van der Waals surface area contributed by atoms with E-state index in [1.807, 2.05) is 23.0 Å². The Morgan fingerprint density at radius 3 is 2.63 bits per heavy atom. The number of methoxy groups -OCH3 is 1. The summed E-state index contributed by atoms with van der Waals surface area (Å²) in [5, 5.41) is 7.76. The average Bonchev–Trinajstić information content (AvgIpc) is 2.84. The quantitative estimate of drug-likeness (QED) is 0.866. The Morgan fingerprint density at radius 1 is 1.32 bits per heavy atom. The molecule has 1 aromatic heterocycles. The molecule has 0 aliphatic heterocycles. The van der Waals surface area contributed by atoms with Crippen LogP contribution < -0.4 is 10.1 Å². The van der Waals surface area contributed by atoms with Crippen LogP contribution in [0.4, 0.5) is 0 Å². The van der Waals surface area contributed by atoms with Gasteiger partial charge in [0.1, 0.15) is 5.75 Å². The molecule has 2 aromatic rings. The van der Waals surface area contributed by atoms with Gasteiger partial charge in [0.25, 0.3) is 0 Å². The third kappa shape index (κ3) is 3.83. The molecule has 1 unspecified atom stereocenters. The number of rotatable bonds is 6. The second-order valence-corrected chi connectivity index (χ2v) is 4.73. The molecule has 4 nitrogen and oxygen atoms in total. The monoisotopic (exact) mass is 259 g/mol. The van der Waals surface area contributed by atoms with Gasteiger partial charge < -0.3 is 10.1 Å². The molecule has 0 spiro atoms. The molecule has 2 rings (SSSR count). The van der Waals surface area contributed by atoms with Crippen molar-refractivity contribution in [2.45, 2.75) is 26.4 Å². The first-order chi connectivity index (χ1) is 9.19. The van der Waals surface area contributed by atoms with Crippen molar-refractivity contribution in [2.75, 3.05) is 13.7 Å². The smallest absolute Gasteiger partial charge is 0.118 e. The lowest BCUT2D eigenvalue weighted by atomic mass is 10.1. The van der Waals surface area contributed by atoms with Gasteiger partial charge in [-0.2, -0.15) is 5.10 Å². The van der Waals surface area contributed by atoms with Crippen LogP contribution in [0.25, 0.3) is 0 Å². The molecule has 0 aliphatic carbocycles. The third-order valence-electron chi connectivity index (χ3n) is 3.17. The summed E-state index contributed by atoms with van der Waals surface area (Å²) in [7, 11) is 1.68. The van der Waals surface area contributed by atoms with Crippen molar-refractivity contribution in [1.82, 2.24) is 15.1 Å². The maximum Gasteiger partial charge on any atom is 0.118 e. The van der Waals surface area contributed by atoms with Gasteiger partial charge in [-0.15, -0.1) is 0 Å². The number of nitrogens with zero attached hydrogens (tertiary/aromatic N) is 2. The van der Waals surface area contributed by atoms with E-state index >= 15 is 0 Å². The van der Waals surface area contributed by atoms with Crippen LogP contribution >= 0.6 is 0 Å². The summed E-state index contributed by atoms with van der Waals surface area (Å²) in [4.78, 5) is 0. The van der Waals surface area contributed by atoms with Gasteiger partial charge >= 0.3 is 0 Å². The zero-order chi connectivity index (χ0) is 13.7. The molecule has 0 radical (unpaired) electrons. The summed E-state index contributed by atoms with van der Waals surface area (Å²) in [6.07, 6.45) is 3.94. The van der Waals surface area contributed by atoms with Crippen LogP contribution in [0.1, 0.15) is 24.1 Å². The van der Waals surface area contributed by atoms with Gasteiger partial charge in [0, 0.05) is 18.8 Å². The van der Waals surface area contributed by atoms with E-state index in [0.717, 1.165) is 18.8 Å². The number of aryl methyl sites for hydroxylation is 1. The fraction of sp³-hybridized carbons (Fsp3) is 0.400. The molecule has 0 aliphatic rings. The molecular formula is C15H21N3O. The molecule has 102 valence electrons. The Morgan fingerprint density at radius 2 is 2.05 bits per heavy atom. The van der Waals surface area contributed by atoms with Gasteiger partial charge in [-0.3, -0.25) is 4.68 Å². The van der Waals surface area contributed by atoms with Gasteiger partial charge in [-0.05, 0) is 37.1 Å². The zero-order valence-corrected chi connectivity index (χ0v) is 11.8. The minimum absolute atomic E-state index is 0.322. The highest BCUT2D eigenvalue weighted by molar-refractivity contribution is 5.28. The highest BCUT2D eigenvalue weighted by Crippen LogP contribution is 2.16. The van der Waals surface area contributed by atoms with Crippen LogP contribution in [0, 0.1) is 6.92 Å². The van der Waals surface area contributed by atoms with Crippen molar-refractivity contribution in [3.8, 4) is 5.75 Å². The van der Waals surface area contributed by atoms with Gasteiger partial charge in [-0.1, -0.05) is 12.1 Å². The molecule has 1 heterocycles. The fourth-order valence-corrected chi connectivity index (χ4v) is 2.00. The van der Waals surface area contributed by atoms with Crippen LogP contribution in [0.15, 0.2) is 36.7 Å². The van der Waals surface area contributed by atoms with Gasteiger partial charge in [0.2, 0.25) is 0 Å². The van der Waals surface area contributed by atoms with E-state index in [2.05, 4.69) is 42.6 Å². The first-order valence-electron chi connectivity index (χ1n) is 6.55. The van der Waals surface area contributed by atoms with Crippen LogP contribution in [0.3, 0.4) is 0 Å². The summed E-state index contributed by atoms with van der Waals surface area (Å²) in [6, 6.07) is 8.49. The summed E-state index contributed by atoms with van der Waals surface area (Å²) in [6.45, 7) is 6.00. The van der Waals surface area contributed by atoms with Crippen molar-refractivity contribution >= 4 is 0 Å². The largest absolute Gasteiger partial charge is 0.497 e. The first-order valence-corrected chi connectivity index (χ1v) is 6.55. The van der Waals surface area contributed by atoms with Crippen LogP contribution in [0.5, 0.6) is 5.75 Å². The lowest BCUT2D eigenvalue weighted by molar-refractivity contribution is 0.414. The summed E-state index contributed by atoms with van der Waals surface area (Å²) in [5.74, 6) is 0.892. The van der Waals surface area contributed by atoms with E-state index in [4.69, 9.17) is 4.74 Å². The average molecular weight is 259 g/mol. The minimum Gasteiger partial charge on any atom is -0.497 e. The Kier molecular flexibility index (Phi) is 4.58. The Labute approximate surface area is 114 Å². The van der Waals surface area contributed by atoms with Crippen molar-refractivity contribution in [2.24, 2.45) is 0 Å². The fourth-order valence-electron chi connectivity index (χ4n) is 2.00. The molecule has 1 N–H and O–H groups in total. The van der Waals surface area contributed by atoms with E-state index in [1.54, 1.807) is 7.11 Å². The standard InChI is InChI=1S/C15H21N3O/c1-12-10-17-18(11-12)9-8-16-13(2)14-4-6-15(19-3)7-5-14/h4-7,10-11,13,16H,8-9H2,1-3H3. The molecular weight excluding hydrogens is 238 g/mol. The number of nitrogens with one attached hydrogen (secondary N) is 1. The third-order valence-corrected chi connectivity index (χ3v) is 3.17. The second kappa shape index (κ2) is 6.38. The molecule has 19 heavy (non-hydrogen) atoms. The van der Waals surface area contributed by atoms with E-state index in [9.17, 15) is 0 Å². The highest BCUT2D eigenvalue weighted by Gasteiger charge is 2.04. The number of benzene rings is 1. The Bertz CT molecular complexity index is 504. The molecule has 1 atom stereocenters. The maximum atomic E-state index is 5.16. The zero-order valence-electron chi connectivity index (χ0n) is 11.8. The van der Waals surface area contributed by atoms with Gasteiger partial charge in [0.15, 0.2) is 0 Å². The predicted molar refractivity (Wildman–Crippen MR) is 76.4 cm³/mol. The Balaban J connectivity index is 1.81. The highest BCUT2D eigenvalue weighted by atomic mass is 16.5. The topological polar surface area (TPSA) is 39.1 Å². The van der Waals surface area contributed by atoms with E-state index in [1.165, 1.54) is 11.1 Å². The normalized spacial score (nSPS) is 12.4. The molecule has 4 heteroatoms. The molecule has 0 fully saturated rings. The van der Waals surface area contributed by atoms with Crippen molar-refractivity contribution in [3.05, 3.63) is 47.8 Å². The second-order valence-electron chi connectivity index (χ2n) is 4.73. The van der Waals surface area contributed by atoms with E-state index < -0.39 is 0 Å². The number of ether oxygens (including phenoxy) is 1. The Hall–Kier alpha value is -1.81. The van der Waals surface area contributed by atoms with Crippen LogP contribution in [-0.4, -0.2) is 23.4 Å². The summed E-state index contributed by atoms with van der Waals surface area (Å²) in [5.41, 5.74) is 2.46. The molecule has 0 amide bonds.